The van der Waals surface area contributed by atoms with Crippen LogP contribution in [-0.2, 0) is 0 Å². The van der Waals surface area contributed by atoms with Crippen LogP contribution in [0.1, 0.15) is 23.8 Å². The van der Waals surface area contributed by atoms with Crippen LogP contribution in [-0.4, -0.2) is 22.7 Å². The van der Waals surface area contributed by atoms with Crippen LogP contribution in [0.25, 0.3) is 10.6 Å². The number of thioether (sulfide) groups is 1. The van der Waals surface area contributed by atoms with Crippen molar-refractivity contribution in [1.29, 1.82) is 0 Å². The van der Waals surface area contributed by atoms with Crippen molar-refractivity contribution in [3.05, 3.63) is 52.2 Å². The van der Waals surface area contributed by atoms with Gasteiger partial charge in [0.05, 0.1) is 5.69 Å². The number of benzene rings is 1. The lowest BCUT2D eigenvalue weighted by Gasteiger charge is -2.21. The molecular formula is C18H16N2OS3. The van der Waals surface area contributed by atoms with Crippen molar-refractivity contribution >= 4 is 46.0 Å². The summed E-state index contributed by atoms with van der Waals surface area (Å²) >= 11 is 5.01. The minimum Gasteiger partial charge on any atom is -0.306 e. The number of nitrogens with zero attached hydrogens (tertiary/aromatic N) is 2. The van der Waals surface area contributed by atoms with E-state index in [9.17, 15) is 4.79 Å². The molecule has 3 heterocycles. The van der Waals surface area contributed by atoms with E-state index in [4.69, 9.17) is 0 Å². The molecule has 3 nitrogen and oxygen atoms in total. The van der Waals surface area contributed by atoms with Crippen molar-refractivity contribution in [1.82, 2.24) is 4.98 Å². The number of rotatable bonds is 2. The molecule has 1 aromatic carbocycles. The first kappa shape index (κ1) is 15.9. The predicted octanol–water partition coefficient (Wildman–Crippen LogP) is 5.40. The van der Waals surface area contributed by atoms with Crippen molar-refractivity contribution in [3.63, 3.8) is 0 Å². The minimum absolute atomic E-state index is 0.00474. The van der Waals surface area contributed by atoms with Crippen LogP contribution in [0.5, 0.6) is 0 Å². The van der Waals surface area contributed by atoms with Gasteiger partial charge in [-0.15, -0.1) is 23.1 Å². The normalized spacial score (nSPS) is 17.4. The zero-order chi connectivity index (χ0) is 16.5. The molecule has 2 aromatic heterocycles. The van der Waals surface area contributed by atoms with E-state index in [-0.39, 0.29) is 5.91 Å². The highest BCUT2D eigenvalue weighted by Gasteiger charge is 2.26. The second kappa shape index (κ2) is 6.70. The largest absolute Gasteiger partial charge is 0.306 e. The maximum Gasteiger partial charge on any atom is 0.277 e. The number of hydrogen-bond acceptors (Lipinski definition) is 5. The molecule has 0 saturated heterocycles. The monoisotopic (exact) mass is 372 g/mol. The van der Waals surface area contributed by atoms with Crippen molar-refractivity contribution in [2.24, 2.45) is 0 Å². The van der Waals surface area contributed by atoms with Crippen molar-refractivity contribution in [2.45, 2.75) is 23.5 Å². The Kier molecular flexibility index (Phi) is 4.43. The summed E-state index contributed by atoms with van der Waals surface area (Å²) in [5.74, 6) is -0.00474. The van der Waals surface area contributed by atoms with Gasteiger partial charge in [-0.1, -0.05) is 19.1 Å². The lowest BCUT2D eigenvalue weighted by molar-refractivity contribution is 0.0982. The number of fused-ring (bicyclic) bond motifs is 1. The summed E-state index contributed by atoms with van der Waals surface area (Å²) in [4.78, 5) is 20.7. The number of hydrogen-bond donors (Lipinski definition) is 0. The summed E-state index contributed by atoms with van der Waals surface area (Å²) in [5, 5.41) is 7.37. The Balaban J connectivity index is 1.67. The molecule has 3 aromatic rings. The van der Waals surface area contributed by atoms with Crippen LogP contribution in [0.4, 0.5) is 5.69 Å². The van der Waals surface area contributed by atoms with Crippen LogP contribution in [0.3, 0.4) is 0 Å². The average Bonchev–Trinajstić information content (AvgIpc) is 3.24. The molecule has 1 aliphatic heterocycles. The Morgan fingerprint density at radius 2 is 2.12 bits per heavy atom. The number of thiazole rings is 1. The number of carbonyl (C=O) groups is 1. The van der Waals surface area contributed by atoms with Crippen molar-refractivity contribution in [2.75, 3.05) is 11.4 Å². The maximum atomic E-state index is 13.1. The van der Waals surface area contributed by atoms with E-state index in [2.05, 4.69) is 23.4 Å². The highest BCUT2D eigenvalue weighted by molar-refractivity contribution is 8.00. The summed E-state index contributed by atoms with van der Waals surface area (Å²) in [5.41, 5.74) is 2.63. The average molecular weight is 373 g/mol. The fourth-order valence-electron chi connectivity index (χ4n) is 2.73. The van der Waals surface area contributed by atoms with E-state index in [1.165, 1.54) is 16.2 Å². The van der Waals surface area contributed by atoms with Gasteiger partial charge in [-0.05, 0) is 30.0 Å². The second-order valence-corrected chi connectivity index (χ2v) is 8.81. The predicted molar refractivity (Wildman–Crippen MR) is 103 cm³/mol. The smallest absolute Gasteiger partial charge is 0.277 e. The molecule has 1 aliphatic rings. The summed E-state index contributed by atoms with van der Waals surface area (Å²) in [7, 11) is 0. The first-order valence-electron chi connectivity index (χ1n) is 7.78. The third-order valence-electron chi connectivity index (χ3n) is 3.98. The maximum absolute atomic E-state index is 13.1. The van der Waals surface area contributed by atoms with Gasteiger partial charge in [-0.25, -0.2) is 4.98 Å². The van der Waals surface area contributed by atoms with Gasteiger partial charge in [0.1, 0.15) is 10.7 Å². The number of carbonyl (C=O) groups excluding carboxylic acids is 1. The first-order chi connectivity index (χ1) is 11.7. The minimum atomic E-state index is -0.00474. The number of thiophene rings is 1. The quantitative estimate of drug-likeness (QED) is 0.603. The summed E-state index contributed by atoms with van der Waals surface area (Å²) < 4.78 is 0. The Bertz CT molecular complexity index is 857. The number of anilines is 1. The SMILES string of the molecule is C[C@@H]1CCN(C(=O)c2csc(-c3ccsc3)n2)c2ccccc2S1. The van der Waals surface area contributed by atoms with E-state index in [1.807, 2.05) is 51.7 Å². The van der Waals surface area contributed by atoms with E-state index in [0.29, 0.717) is 10.9 Å². The molecule has 6 heteroatoms. The molecule has 24 heavy (non-hydrogen) atoms. The standard InChI is InChI=1S/C18H16N2OS3/c1-12-6-8-20(15-4-2-3-5-16(15)24-12)18(21)14-11-23-17(19-14)13-7-9-22-10-13/h2-5,7,9-12H,6,8H2,1H3/t12-/m1/s1. The van der Waals surface area contributed by atoms with E-state index in [0.717, 1.165) is 29.2 Å². The van der Waals surface area contributed by atoms with Gasteiger partial charge in [0.2, 0.25) is 0 Å². The molecule has 122 valence electrons. The van der Waals surface area contributed by atoms with Crippen LogP contribution >= 0.6 is 34.4 Å². The zero-order valence-corrected chi connectivity index (χ0v) is 15.6. The topological polar surface area (TPSA) is 33.2 Å². The Morgan fingerprint density at radius 3 is 2.96 bits per heavy atom. The Labute approximate surface area is 153 Å². The zero-order valence-electron chi connectivity index (χ0n) is 13.1. The van der Waals surface area contributed by atoms with Gasteiger partial charge in [-0.3, -0.25) is 4.79 Å². The fourth-order valence-corrected chi connectivity index (χ4v) is 5.35. The van der Waals surface area contributed by atoms with Crippen LogP contribution in [0.15, 0.2) is 51.4 Å². The number of amides is 1. The van der Waals surface area contributed by atoms with Gasteiger partial charge in [-0.2, -0.15) is 11.3 Å². The highest BCUT2D eigenvalue weighted by Crippen LogP contribution is 2.38. The molecule has 0 spiro atoms. The van der Waals surface area contributed by atoms with Gasteiger partial charge in [0.15, 0.2) is 0 Å². The molecule has 1 atom stereocenters. The van der Waals surface area contributed by atoms with Crippen LogP contribution in [0, 0.1) is 0 Å². The van der Waals surface area contributed by atoms with Crippen LogP contribution < -0.4 is 4.90 Å². The Hall–Kier alpha value is -1.63. The number of aromatic nitrogens is 1. The third-order valence-corrected chi connectivity index (χ3v) is 6.79. The molecule has 0 bridgehead atoms. The molecule has 4 rings (SSSR count). The van der Waals surface area contributed by atoms with Crippen molar-refractivity contribution < 1.29 is 4.79 Å². The van der Waals surface area contributed by atoms with Gasteiger partial charge in [0.25, 0.3) is 5.91 Å². The molecule has 1 amide bonds. The lowest BCUT2D eigenvalue weighted by atomic mass is 10.2. The Morgan fingerprint density at radius 1 is 1.25 bits per heavy atom. The lowest BCUT2D eigenvalue weighted by Crippen LogP contribution is -2.32. The second-order valence-electron chi connectivity index (χ2n) is 5.69. The van der Waals surface area contributed by atoms with E-state index >= 15 is 0 Å². The fraction of sp³-hybridized carbons (Fsp3) is 0.222. The van der Waals surface area contributed by atoms with Gasteiger partial charge in [0, 0.05) is 33.0 Å². The molecule has 0 unspecified atom stereocenters. The molecule has 0 radical (unpaired) electrons. The summed E-state index contributed by atoms with van der Waals surface area (Å²) in [6.07, 6.45) is 0.979. The van der Waals surface area contributed by atoms with Crippen LogP contribution in [0.2, 0.25) is 0 Å². The van der Waals surface area contributed by atoms with Gasteiger partial charge < -0.3 is 4.90 Å². The molecule has 0 fully saturated rings. The first-order valence-corrected chi connectivity index (χ1v) is 10.5. The molecule has 0 aliphatic carbocycles. The molecule has 0 saturated carbocycles. The van der Waals surface area contributed by atoms with Gasteiger partial charge >= 0.3 is 0 Å². The van der Waals surface area contributed by atoms with E-state index in [1.54, 1.807) is 11.3 Å². The highest BCUT2D eigenvalue weighted by atomic mass is 32.2. The summed E-state index contributed by atoms with van der Waals surface area (Å²) in [6.45, 7) is 2.95. The van der Waals surface area contributed by atoms with E-state index < -0.39 is 0 Å². The summed E-state index contributed by atoms with van der Waals surface area (Å²) in [6, 6.07) is 10.2. The van der Waals surface area contributed by atoms with Crippen molar-refractivity contribution in [3.8, 4) is 10.6 Å². The molecule has 0 N–H and O–H groups in total. The number of para-hydroxylation sites is 1. The third kappa shape index (κ3) is 3.01. The molecular weight excluding hydrogens is 356 g/mol.